The van der Waals surface area contributed by atoms with Gasteiger partial charge in [0.05, 0.1) is 11.4 Å². The highest BCUT2D eigenvalue weighted by atomic mass is 35.5. The molecule has 0 aliphatic rings. The fourth-order valence-electron chi connectivity index (χ4n) is 2.54. The number of nitrogens with one attached hydrogen (secondary N) is 2. The average molecular weight is 424 g/mol. The Morgan fingerprint density at radius 2 is 1.71 bits per heavy atom. The molecule has 9 heteroatoms. The van der Waals surface area contributed by atoms with Crippen molar-refractivity contribution in [3.8, 4) is 0 Å². The lowest BCUT2D eigenvalue weighted by Crippen LogP contribution is -2.33. The maximum atomic E-state index is 12.6. The Balaban J connectivity index is 2.02. The summed E-state index contributed by atoms with van der Waals surface area (Å²) >= 11 is 5.84. The molecule has 0 atom stereocenters. The van der Waals surface area contributed by atoms with Gasteiger partial charge >= 0.3 is 0 Å². The molecule has 0 saturated heterocycles. The number of halogens is 1. The van der Waals surface area contributed by atoms with E-state index in [1.54, 1.807) is 44.2 Å². The van der Waals surface area contributed by atoms with E-state index < -0.39 is 21.8 Å². The van der Waals surface area contributed by atoms with Crippen molar-refractivity contribution in [2.75, 3.05) is 25.0 Å². The van der Waals surface area contributed by atoms with Gasteiger partial charge in [-0.15, -0.1) is 0 Å². The summed E-state index contributed by atoms with van der Waals surface area (Å²) in [6.07, 6.45) is 0. The molecule has 28 heavy (non-hydrogen) atoms. The summed E-state index contributed by atoms with van der Waals surface area (Å²) in [5.74, 6) is -0.914. The second-order valence-corrected chi connectivity index (χ2v) is 8.23. The third-order valence-electron chi connectivity index (χ3n) is 3.96. The number of carbonyl (C=O) groups is 2. The molecule has 0 aromatic heterocycles. The zero-order chi connectivity index (χ0) is 20.7. The number of anilines is 1. The molecule has 0 aliphatic carbocycles. The number of hydrogen-bond donors (Lipinski definition) is 2. The summed E-state index contributed by atoms with van der Waals surface area (Å²) in [6.45, 7) is 3.96. The lowest BCUT2D eigenvalue weighted by molar-refractivity contribution is -0.115. The zero-order valence-corrected chi connectivity index (χ0v) is 17.2. The van der Waals surface area contributed by atoms with Crippen LogP contribution in [0.4, 0.5) is 5.69 Å². The third-order valence-corrected chi connectivity index (χ3v) is 6.24. The minimum atomic E-state index is -3.63. The van der Waals surface area contributed by atoms with Crippen LogP contribution in [0.25, 0.3) is 0 Å². The molecule has 0 unspecified atom stereocenters. The molecule has 2 amide bonds. The summed E-state index contributed by atoms with van der Waals surface area (Å²) in [5, 5.41) is 5.50. The van der Waals surface area contributed by atoms with Crippen molar-refractivity contribution in [3.63, 3.8) is 0 Å². The van der Waals surface area contributed by atoms with Gasteiger partial charge in [-0.25, -0.2) is 8.42 Å². The highest BCUT2D eigenvalue weighted by molar-refractivity contribution is 7.89. The number of nitrogens with zero attached hydrogens (tertiary/aromatic N) is 1. The number of sulfonamides is 1. The van der Waals surface area contributed by atoms with Crippen LogP contribution < -0.4 is 10.6 Å². The number of rotatable bonds is 8. The van der Waals surface area contributed by atoms with Gasteiger partial charge in [0.2, 0.25) is 15.9 Å². The molecule has 7 nitrogen and oxygen atoms in total. The first-order chi connectivity index (χ1) is 13.3. The Bertz CT molecular complexity index is 959. The summed E-state index contributed by atoms with van der Waals surface area (Å²) in [6, 6.07) is 12.4. The van der Waals surface area contributed by atoms with Crippen molar-refractivity contribution in [2.24, 2.45) is 0 Å². The van der Waals surface area contributed by atoms with Gasteiger partial charge in [0.1, 0.15) is 0 Å². The summed E-state index contributed by atoms with van der Waals surface area (Å²) < 4.78 is 26.5. The Morgan fingerprint density at radius 3 is 2.36 bits per heavy atom. The maximum absolute atomic E-state index is 12.6. The van der Waals surface area contributed by atoms with Gasteiger partial charge in [-0.1, -0.05) is 37.6 Å². The number of carbonyl (C=O) groups excluding carboxylic acids is 2. The van der Waals surface area contributed by atoms with Crippen LogP contribution in [-0.4, -0.2) is 44.2 Å². The molecular weight excluding hydrogens is 402 g/mol. The van der Waals surface area contributed by atoms with Crippen molar-refractivity contribution in [1.29, 1.82) is 0 Å². The van der Waals surface area contributed by atoms with Crippen molar-refractivity contribution in [2.45, 2.75) is 18.7 Å². The lowest BCUT2D eigenvalue weighted by atomic mass is 10.2. The number of hydrogen-bond acceptors (Lipinski definition) is 4. The Hall–Kier alpha value is -2.42. The summed E-state index contributed by atoms with van der Waals surface area (Å²) in [5.41, 5.74) is 0.669. The zero-order valence-electron chi connectivity index (χ0n) is 15.6. The second kappa shape index (κ2) is 9.68. The van der Waals surface area contributed by atoms with Gasteiger partial charge in [0.15, 0.2) is 0 Å². The van der Waals surface area contributed by atoms with Crippen molar-refractivity contribution < 1.29 is 18.0 Å². The van der Waals surface area contributed by atoms with E-state index in [4.69, 9.17) is 11.6 Å². The molecule has 0 fully saturated rings. The second-order valence-electron chi connectivity index (χ2n) is 5.86. The van der Waals surface area contributed by atoms with E-state index in [0.717, 1.165) is 0 Å². The van der Waals surface area contributed by atoms with Crippen LogP contribution in [0.15, 0.2) is 53.4 Å². The summed E-state index contributed by atoms with van der Waals surface area (Å²) in [7, 11) is -3.63. The van der Waals surface area contributed by atoms with Crippen LogP contribution in [0.2, 0.25) is 5.02 Å². The van der Waals surface area contributed by atoms with Crippen molar-refractivity contribution in [1.82, 2.24) is 9.62 Å². The Kier molecular flexibility index (Phi) is 7.56. The largest absolute Gasteiger partial charge is 0.343 e. The van der Waals surface area contributed by atoms with Gasteiger partial charge in [-0.05, 0) is 36.4 Å². The normalized spacial score (nSPS) is 11.3. The molecule has 0 aliphatic heterocycles. The minimum absolute atomic E-state index is 0.0944. The van der Waals surface area contributed by atoms with Crippen LogP contribution in [-0.2, 0) is 14.8 Å². The third kappa shape index (κ3) is 5.54. The Labute approximate surface area is 169 Å². The van der Waals surface area contributed by atoms with Crippen molar-refractivity contribution >= 4 is 39.1 Å². The topological polar surface area (TPSA) is 95.6 Å². The van der Waals surface area contributed by atoms with E-state index in [1.807, 2.05) is 0 Å². The van der Waals surface area contributed by atoms with Crippen LogP contribution >= 0.6 is 11.6 Å². The number of amides is 2. The van der Waals surface area contributed by atoms with E-state index in [-0.39, 0.29) is 11.4 Å². The molecule has 0 radical (unpaired) electrons. The van der Waals surface area contributed by atoms with E-state index >= 15 is 0 Å². The minimum Gasteiger partial charge on any atom is -0.343 e. The molecule has 2 aromatic carbocycles. The molecule has 0 bridgehead atoms. The quantitative estimate of drug-likeness (QED) is 0.682. The highest BCUT2D eigenvalue weighted by Gasteiger charge is 2.21. The molecule has 2 rings (SSSR count). The van der Waals surface area contributed by atoms with E-state index in [0.29, 0.717) is 29.4 Å². The predicted molar refractivity (Wildman–Crippen MR) is 109 cm³/mol. The van der Waals surface area contributed by atoms with Gasteiger partial charge in [0.25, 0.3) is 5.91 Å². The average Bonchev–Trinajstić information content (AvgIpc) is 2.67. The fraction of sp³-hybridized carbons (Fsp3) is 0.263. The molecule has 2 N–H and O–H groups in total. The van der Waals surface area contributed by atoms with Gasteiger partial charge in [-0.2, -0.15) is 4.31 Å². The monoisotopic (exact) mass is 423 g/mol. The highest BCUT2D eigenvalue weighted by Crippen LogP contribution is 2.19. The fourth-order valence-corrected chi connectivity index (χ4v) is 4.24. The Morgan fingerprint density at radius 1 is 1.04 bits per heavy atom. The smallest absolute Gasteiger partial charge is 0.251 e. The molecule has 2 aromatic rings. The molecule has 0 saturated carbocycles. The SMILES string of the molecule is CCN(CC)S(=O)(=O)c1cccc(NC(=O)CNC(=O)c2cccc(Cl)c2)c1. The lowest BCUT2D eigenvalue weighted by Gasteiger charge is -2.18. The van der Waals surface area contributed by atoms with Crippen molar-refractivity contribution in [3.05, 3.63) is 59.1 Å². The first kappa shape index (κ1) is 21.9. The standard InChI is InChI=1S/C19H22ClN3O4S/c1-3-23(4-2)28(26,27)17-10-6-9-16(12-17)22-18(24)13-21-19(25)14-7-5-8-15(20)11-14/h5-12H,3-4,13H2,1-2H3,(H,21,25)(H,22,24). The van der Waals surface area contributed by atoms with Crippen LogP contribution in [0.1, 0.15) is 24.2 Å². The molecule has 150 valence electrons. The molecular formula is C19H22ClN3O4S. The van der Waals surface area contributed by atoms with E-state index in [2.05, 4.69) is 10.6 Å². The first-order valence-electron chi connectivity index (χ1n) is 8.71. The van der Waals surface area contributed by atoms with Gasteiger partial charge < -0.3 is 10.6 Å². The van der Waals surface area contributed by atoms with Crippen LogP contribution in [0.3, 0.4) is 0 Å². The van der Waals surface area contributed by atoms with E-state index in [9.17, 15) is 18.0 Å². The van der Waals surface area contributed by atoms with Crippen LogP contribution in [0.5, 0.6) is 0 Å². The number of benzene rings is 2. The predicted octanol–water partition coefficient (Wildman–Crippen LogP) is 2.74. The maximum Gasteiger partial charge on any atom is 0.251 e. The van der Waals surface area contributed by atoms with Gasteiger partial charge in [0, 0.05) is 29.4 Å². The van der Waals surface area contributed by atoms with Crippen LogP contribution in [0, 0.1) is 0 Å². The first-order valence-corrected chi connectivity index (χ1v) is 10.5. The summed E-state index contributed by atoms with van der Waals surface area (Å²) in [4.78, 5) is 24.3. The van der Waals surface area contributed by atoms with Gasteiger partial charge in [-0.3, -0.25) is 9.59 Å². The molecule has 0 spiro atoms. The van der Waals surface area contributed by atoms with E-state index in [1.165, 1.54) is 22.5 Å². The molecule has 0 heterocycles.